The second-order valence-electron chi connectivity index (χ2n) is 8.99. The summed E-state index contributed by atoms with van der Waals surface area (Å²) < 4.78 is 18.4. The van der Waals surface area contributed by atoms with Crippen molar-refractivity contribution < 1.29 is 33.4 Å². The van der Waals surface area contributed by atoms with Crippen molar-refractivity contribution in [2.24, 2.45) is 0 Å². The van der Waals surface area contributed by atoms with E-state index in [4.69, 9.17) is 4.74 Å². The van der Waals surface area contributed by atoms with Crippen LogP contribution < -0.4 is 16.0 Å². The van der Waals surface area contributed by atoms with Gasteiger partial charge in [-0.05, 0) is 44.9 Å². The predicted molar refractivity (Wildman–Crippen MR) is 123 cm³/mol. The van der Waals surface area contributed by atoms with Crippen LogP contribution in [-0.4, -0.2) is 72.2 Å². The van der Waals surface area contributed by atoms with Crippen LogP contribution in [0.3, 0.4) is 0 Å². The molecule has 1 rings (SSSR count). The Morgan fingerprint density at radius 2 is 1.68 bits per heavy atom. The first-order chi connectivity index (χ1) is 15.7. The molecule has 0 bridgehead atoms. The Hall–Kier alpha value is -3.21. The van der Waals surface area contributed by atoms with Gasteiger partial charge in [-0.15, -0.1) is 0 Å². The van der Waals surface area contributed by atoms with E-state index < -0.39 is 60.0 Å². The molecule has 0 saturated carbocycles. The van der Waals surface area contributed by atoms with Crippen LogP contribution in [0.4, 0.5) is 9.18 Å². The van der Waals surface area contributed by atoms with E-state index >= 15 is 0 Å². The van der Waals surface area contributed by atoms with Crippen molar-refractivity contribution in [1.82, 2.24) is 20.9 Å². The van der Waals surface area contributed by atoms with E-state index in [9.17, 15) is 28.7 Å². The number of hydrogen-bond donors (Lipinski definition) is 4. The smallest absolute Gasteiger partial charge is 0.407 e. The van der Waals surface area contributed by atoms with Crippen molar-refractivity contribution in [3.05, 3.63) is 35.6 Å². The van der Waals surface area contributed by atoms with Crippen LogP contribution in [0.25, 0.3) is 0 Å². The zero-order valence-electron chi connectivity index (χ0n) is 20.5. The summed E-state index contributed by atoms with van der Waals surface area (Å²) in [6, 6.07) is 3.07. The van der Waals surface area contributed by atoms with Crippen molar-refractivity contribution in [3.63, 3.8) is 0 Å². The Kier molecular flexibility index (Phi) is 10.9. The third-order valence-electron chi connectivity index (χ3n) is 4.57. The molecular formula is C23H35FN4O6. The van der Waals surface area contributed by atoms with Gasteiger partial charge in [-0.3, -0.25) is 14.4 Å². The number of ether oxygens (including phenoxy) is 1. The molecule has 190 valence electrons. The van der Waals surface area contributed by atoms with Crippen molar-refractivity contribution in [2.45, 2.75) is 64.3 Å². The second-order valence-corrected chi connectivity index (χ2v) is 8.99. The standard InChI is InChI=1S/C23H35FN4O6/c1-7-8-16(26-22(33)34-23(2,3)4)19(30)20(31)25-13-17(29)27-18(21(32)28(5)6)14-9-11-15(24)12-10-14/h9-12,16,18-19,30H,7-8,13H2,1-6H3,(H,25,31)(H,26,33)(H,27,29)/t16-,18?,19?/m0/s1. The van der Waals surface area contributed by atoms with Crippen LogP contribution in [0.15, 0.2) is 24.3 Å². The van der Waals surface area contributed by atoms with Gasteiger partial charge in [-0.2, -0.15) is 0 Å². The minimum absolute atomic E-state index is 0.296. The van der Waals surface area contributed by atoms with Gasteiger partial charge >= 0.3 is 6.09 Å². The topological polar surface area (TPSA) is 137 Å². The second kappa shape index (κ2) is 12.9. The SMILES string of the molecule is CCC[C@H](NC(=O)OC(C)(C)C)C(O)C(=O)NCC(=O)NC(C(=O)N(C)C)c1ccc(F)cc1. The lowest BCUT2D eigenvalue weighted by molar-refractivity contribution is -0.135. The quantitative estimate of drug-likeness (QED) is 0.396. The molecular weight excluding hydrogens is 447 g/mol. The van der Waals surface area contributed by atoms with Crippen molar-refractivity contribution in [2.75, 3.05) is 20.6 Å². The normalized spacial score (nSPS) is 13.8. The van der Waals surface area contributed by atoms with E-state index in [1.54, 1.807) is 20.8 Å². The molecule has 0 fully saturated rings. The molecule has 0 heterocycles. The maximum absolute atomic E-state index is 13.2. The highest BCUT2D eigenvalue weighted by Crippen LogP contribution is 2.16. The number of nitrogens with one attached hydrogen (secondary N) is 3. The molecule has 34 heavy (non-hydrogen) atoms. The number of alkyl carbamates (subject to hydrolysis) is 1. The van der Waals surface area contributed by atoms with Crippen LogP contribution in [0, 0.1) is 5.82 Å². The Bertz CT molecular complexity index is 854. The molecule has 0 aliphatic carbocycles. The van der Waals surface area contributed by atoms with Crippen molar-refractivity contribution in [1.29, 1.82) is 0 Å². The number of carbonyl (C=O) groups excluding carboxylic acids is 4. The van der Waals surface area contributed by atoms with Gasteiger partial charge in [-0.25, -0.2) is 9.18 Å². The number of halogens is 1. The molecule has 11 heteroatoms. The summed E-state index contributed by atoms with van der Waals surface area (Å²) in [5.74, 6) is -2.51. The Balaban J connectivity index is 2.77. The molecule has 0 saturated heterocycles. The molecule has 4 N–H and O–H groups in total. The average molecular weight is 483 g/mol. The van der Waals surface area contributed by atoms with Gasteiger partial charge in [0.05, 0.1) is 12.6 Å². The van der Waals surface area contributed by atoms with E-state index in [1.165, 1.54) is 43.3 Å². The van der Waals surface area contributed by atoms with Crippen LogP contribution in [0.2, 0.25) is 0 Å². The fourth-order valence-corrected chi connectivity index (χ4v) is 2.95. The summed E-state index contributed by atoms with van der Waals surface area (Å²) in [7, 11) is 3.02. The maximum Gasteiger partial charge on any atom is 0.407 e. The molecule has 3 atom stereocenters. The van der Waals surface area contributed by atoms with E-state index in [0.717, 1.165) is 0 Å². The van der Waals surface area contributed by atoms with Gasteiger partial charge in [0, 0.05) is 14.1 Å². The lowest BCUT2D eigenvalue weighted by atomic mass is 10.0. The summed E-state index contributed by atoms with van der Waals surface area (Å²) in [4.78, 5) is 50.7. The van der Waals surface area contributed by atoms with Crippen molar-refractivity contribution >= 4 is 23.8 Å². The van der Waals surface area contributed by atoms with E-state index in [-0.39, 0.29) is 0 Å². The number of hydrogen-bond acceptors (Lipinski definition) is 6. The van der Waals surface area contributed by atoms with Gasteiger partial charge in [0.15, 0.2) is 6.10 Å². The molecule has 1 aromatic carbocycles. The van der Waals surface area contributed by atoms with Crippen LogP contribution in [0.1, 0.15) is 52.1 Å². The molecule has 0 aliphatic rings. The molecule has 1 aromatic rings. The fraction of sp³-hybridized carbons (Fsp3) is 0.565. The number of carbonyl (C=O) groups is 4. The summed E-state index contributed by atoms with van der Waals surface area (Å²) in [5, 5.41) is 17.7. The lowest BCUT2D eigenvalue weighted by Gasteiger charge is -2.26. The third-order valence-corrected chi connectivity index (χ3v) is 4.57. The zero-order chi connectivity index (χ0) is 26.1. The first-order valence-electron chi connectivity index (χ1n) is 11.0. The molecule has 0 radical (unpaired) electrons. The molecule has 0 spiro atoms. The molecule has 0 aromatic heterocycles. The number of amides is 4. The summed E-state index contributed by atoms with van der Waals surface area (Å²) >= 11 is 0. The van der Waals surface area contributed by atoms with Gasteiger partial charge in [-0.1, -0.05) is 25.5 Å². The minimum Gasteiger partial charge on any atom is -0.444 e. The summed E-state index contributed by atoms with van der Waals surface area (Å²) in [6.45, 7) is 6.34. The monoisotopic (exact) mass is 482 g/mol. The highest BCUT2D eigenvalue weighted by molar-refractivity contribution is 5.91. The lowest BCUT2D eigenvalue weighted by Crippen LogP contribution is -2.53. The average Bonchev–Trinajstić information content (AvgIpc) is 2.73. The van der Waals surface area contributed by atoms with Crippen LogP contribution in [0.5, 0.6) is 0 Å². The fourth-order valence-electron chi connectivity index (χ4n) is 2.95. The predicted octanol–water partition coefficient (Wildman–Crippen LogP) is 1.24. The Morgan fingerprint density at radius 1 is 1.09 bits per heavy atom. The molecule has 0 aliphatic heterocycles. The zero-order valence-corrected chi connectivity index (χ0v) is 20.5. The largest absolute Gasteiger partial charge is 0.444 e. The molecule has 4 amide bonds. The first kappa shape index (κ1) is 28.8. The minimum atomic E-state index is -1.63. The summed E-state index contributed by atoms with van der Waals surface area (Å²) in [6.07, 6.45) is -1.54. The van der Waals surface area contributed by atoms with Crippen LogP contribution in [-0.2, 0) is 19.1 Å². The van der Waals surface area contributed by atoms with Crippen LogP contribution >= 0.6 is 0 Å². The van der Waals surface area contributed by atoms with Gasteiger partial charge in [0.2, 0.25) is 11.8 Å². The highest BCUT2D eigenvalue weighted by atomic mass is 19.1. The van der Waals surface area contributed by atoms with Gasteiger partial charge < -0.3 is 30.7 Å². The maximum atomic E-state index is 13.2. The molecule has 10 nitrogen and oxygen atoms in total. The number of benzene rings is 1. The highest BCUT2D eigenvalue weighted by Gasteiger charge is 2.30. The number of aliphatic hydroxyl groups excluding tert-OH is 1. The summed E-state index contributed by atoms with van der Waals surface area (Å²) in [5.41, 5.74) is -0.388. The third kappa shape index (κ3) is 9.74. The van der Waals surface area contributed by atoms with Gasteiger partial charge in [0.25, 0.3) is 5.91 Å². The number of nitrogens with zero attached hydrogens (tertiary/aromatic N) is 1. The number of aliphatic hydroxyl groups is 1. The Labute approximate surface area is 199 Å². The van der Waals surface area contributed by atoms with Crippen molar-refractivity contribution in [3.8, 4) is 0 Å². The molecule has 2 unspecified atom stereocenters. The van der Waals surface area contributed by atoms with E-state index in [1.807, 2.05) is 6.92 Å². The number of rotatable bonds is 10. The van der Waals surface area contributed by atoms with E-state index in [0.29, 0.717) is 18.4 Å². The Morgan fingerprint density at radius 3 is 2.18 bits per heavy atom. The van der Waals surface area contributed by atoms with E-state index in [2.05, 4.69) is 16.0 Å². The first-order valence-corrected chi connectivity index (χ1v) is 11.0. The number of likely N-dealkylation sites (N-methyl/N-ethyl adjacent to an activating group) is 1. The van der Waals surface area contributed by atoms with Gasteiger partial charge in [0.1, 0.15) is 17.5 Å².